The molecule has 1 heterocycles. The predicted octanol–water partition coefficient (Wildman–Crippen LogP) is 2.63. The summed E-state index contributed by atoms with van der Waals surface area (Å²) in [7, 11) is 1.74. The molecule has 1 amide bonds. The van der Waals surface area contributed by atoms with Gasteiger partial charge in [0.1, 0.15) is 5.84 Å². The van der Waals surface area contributed by atoms with Crippen LogP contribution in [0.15, 0.2) is 53.0 Å². The standard InChI is InChI=1S/C17H21N3O2S/c1-20(12-15-8-5-11-23-15)17(21)13-22-19-16(18)10-9-14-6-3-2-4-7-14/h2-8,11H,9-10,12-13H2,1H3,(H2,18,19). The van der Waals surface area contributed by atoms with Crippen LogP contribution in [-0.4, -0.2) is 30.3 Å². The van der Waals surface area contributed by atoms with Crippen molar-refractivity contribution in [2.45, 2.75) is 19.4 Å². The summed E-state index contributed by atoms with van der Waals surface area (Å²) in [5.41, 5.74) is 6.99. The van der Waals surface area contributed by atoms with Crippen LogP contribution in [0.5, 0.6) is 0 Å². The molecular weight excluding hydrogens is 310 g/mol. The number of amides is 1. The summed E-state index contributed by atoms with van der Waals surface area (Å²) in [4.78, 5) is 19.7. The topological polar surface area (TPSA) is 67.9 Å². The maximum absolute atomic E-state index is 11.9. The van der Waals surface area contributed by atoms with Gasteiger partial charge in [0.2, 0.25) is 0 Å². The largest absolute Gasteiger partial charge is 0.384 e. The van der Waals surface area contributed by atoms with Gasteiger partial charge in [-0.2, -0.15) is 0 Å². The number of rotatable bonds is 8. The summed E-state index contributed by atoms with van der Waals surface area (Å²) in [5, 5.41) is 5.80. The Morgan fingerprint density at radius 2 is 2.04 bits per heavy atom. The first-order chi connectivity index (χ1) is 11.1. The molecule has 1 aromatic heterocycles. The zero-order valence-corrected chi connectivity index (χ0v) is 14.0. The molecule has 0 unspecified atom stereocenters. The number of nitrogens with zero attached hydrogens (tertiary/aromatic N) is 2. The van der Waals surface area contributed by atoms with Crippen LogP contribution >= 0.6 is 11.3 Å². The Balaban J connectivity index is 1.69. The number of oxime groups is 1. The minimum Gasteiger partial charge on any atom is -0.384 e. The van der Waals surface area contributed by atoms with E-state index in [2.05, 4.69) is 5.16 Å². The molecule has 122 valence electrons. The van der Waals surface area contributed by atoms with Crippen molar-refractivity contribution in [2.75, 3.05) is 13.7 Å². The second-order valence-electron chi connectivity index (χ2n) is 5.17. The number of nitrogens with two attached hydrogens (primary N) is 1. The number of carbonyl (C=O) groups excluding carboxylic acids is 1. The van der Waals surface area contributed by atoms with Crippen LogP contribution in [-0.2, 0) is 22.6 Å². The zero-order valence-electron chi connectivity index (χ0n) is 13.1. The van der Waals surface area contributed by atoms with E-state index in [1.807, 2.05) is 47.8 Å². The van der Waals surface area contributed by atoms with Crippen molar-refractivity contribution < 1.29 is 9.63 Å². The van der Waals surface area contributed by atoms with Crippen LogP contribution in [0.3, 0.4) is 0 Å². The lowest BCUT2D eigenvalue weighted by Crippen LogP contribution is -2.29. The van der Waals surface area contributed by atoms with Crippen LogP contribution < -0.4 is 5.73 Å². The number of hydrogen-bond acceptors (Lipinski definition) is 4. The monoisotopic (exact) mass is 331 g/mol. The molecule has 0 aliphatic carbocycles. The SMILES string of the molecule is CN(Cc1cccs1)C(=O)CO/N=C(\N)CCc1ccccc1. The Labute approximate surface area is 140 Å². The molecule has 0 aliphatic rings. The summed E-state index contributed by atoms with van der Waals surface area (Å²) in [5.74, 6) is 0.264. The van der Waals surface area contributed by atoms with Gasteiger partial charge in [-0.05, 0) is 23.4 Å². The molecule has 2 aromatic rings. The van der Waals surface area contributed by atoms with E-state index in [1.54, 1.807) is 23.3 Å². The third-order valence-electron chi connectivity index (χ3n) is 3.28. The van der Waals surface area contributed by atoms with Gasteiger partial charge in [0, 0.05) is 18.3 Å². The first-order valence-corrected chi connectivity index (χ1v) is 8.27. The molecule has 2 N–H and O–H groups in total. The van der Waals surface area contributed by atoms with Gasteiger partial charge in [-0.25, -0.2) is 0 Å². The van der Waals surface area contributed by atoms with Gasteiger partial charge < -0.3 is 15.5 Å². The second kappa shape index (κ2) is 8.95. The molecule has 1 aromatic carbocycles. The van der Waals surface area contributed by atoms with Crippen molar-refractivity contribution in [3.8, 4) is 0 Å². The summed E-state index contributed by atoms with van der Waals surface area (Å²) in [6.07, 6.45) is 1.40. The molecule has 0 bridgehead atoms. The normalized spacial score (nSPS) is 11.3. The Hall–Kier alpha value is -2.34. The highest BCUT2D eigenvalue weighted by molar-refractivity contribution is 7.09. The summed E-state index contributed by atoms with van der Waals surface area (Å²) >= 11 is 1.62. The molecule has 0 saturated heterocycles. The first-order valence-electron chi connectivity index (χ1n) is 7.39. The van der Waals surface area contributed by atoms with Gasteiger partial charge in [0.05, 0.1) is 6.54 Å². The van der Waals surface area contributed by atoms with Crippen LogP contribution in [0.1, 0.15) is 16.9 Å². The lowest BCUT2D eigenvalue weighted by atomic mass is 10.1. The van der Waals surface area contributed by atoms with Crippen LogP contribution in [0.2, 0.25) is 0 Å². The number of hydrogen-bond donors (Lipinski definition) is 1. The third kappa shape index (κ3) is 6.12. The molecule has 0 atom stereocenters. The molecular formula is C17H21N3O2S. The average Bonchev–Trinajstić information content (AvgIpc) is 3.06. The van der Waals surface area contributed by atoms with E-state index in [-0.39, 0.29) is 12.5 Å². The number of amidine groups is 1. The lowest BCUT2D eigenvalue weighted by Gasteiger charge is -2.15. The summed E-state index contributed by atoms with van der Waals surface area (Å²) in [6.45, 7) is 0.473. The van der Waals surface area contributed by atoms with E-state index in [0.29, 0.717) is 18.8 Å². The Morgan fingerprint density at radius 1 is 1.26 bits per heavy atom. The summed E-state index contributed by atoms with van der Waals surface area (Å²) < 4.78 is 0. The molecule has 5 nitrogen and oxygen atoms in total. The third-order valence-corrected chi connectivity index (χ3v) is 4.14. The summed E-state index contributed by atoms with van der Waals surface area (Å²) in [6, 6.07) is 14.0. The van der Waals surface area contributed by atoms with Gasteiger partial charge in [-0.3, -0.25) is 4.79 Å². The van der Waals surface area contributed by atoms with Gasteiger partial charge in [0.15, 0.2) is 6.61 Å². The molecule has 0 fully saturated rings. The molecule has 0 radical (unpaired) electrons. The van der Waals surface area contributed by atoms with E-state index in [1.165, 1.54) is 5.56 Å². The number of aryl methyl sites for hydroxylation is 1. The van der Waals surface area contributed by atoms with Gasteiger partial charge >= 0.3 is 0 Å². The van der Waals surface area contributed by atoms with Gasteiger partial charge in [0.25, 0.3) is 5.91 Å². The molecule has 0 saturated carbocycles. The van der Waals surface area contributed by atoms with Crippen molar-refractivity contribution >= 4 is 23.1 Å². The maximum atomic E-state index is 11.9. The van der Waals surface area contributed by atoms with Gasteiger partial charge in [-0.1, -0.05) is 41.6 Å². The van der Waals surface area contributed by atoms with Crippen LogP contribution in [0.4, 0.5) is 0 Å². The number of likely N-dealkylation sites (N-methyl/N-ethyl adjacent to an activating group) is 1. The van der Waals surface area contributed by atoms with E-state index in [0.717, 1.165) is 11.3 Å². The fraction of sp³-hybridized carbons (Fsp3) is 0.294. The highest BCUT2D eigenvalue weighted by Gasteiger charge is 2.10. The van der Waals surface area contributed by atoms with Crippen molar-refractivity contribution in [1.29, 1.82) is 0 Å². The van der Waals surface area contributed by atoms with E-state index in [4.69, 9.17) is 10.6 Å². The fourth-order valence-corrected chi connectivity index (χ4v) is 2.73. The predicted molar refractivity (Wildman–Crippen MR) is 93.1 cm³/mol. The number of benzene rings is 1. The minimum absolute atomic E-state index is 0.103. The Bertz CT molecular complexity index is 627. The quantitative estimate of drug-likeness (QED) is 0.459. The molecule has 23 heavy (non-hydrogen) atoms. The molecule has 2 rings (SSSR count). The number of thiophene rings is 1. The van der Waals surface area contributed by atoms with Crippen molar-refractivity contribution in [3.63, 3.8) is 0 Å². The van der Waals surface area contributed by atoms with E-state index >= 15 is 0 Å². The molecule has 6 heteroatoms. The Morgan fingerprint density at radius 3 is 2.74 bits per heavy atom. The molecule has 0 spiro atoms. The number of carbonyl (C=O) groups is 1. The van der Waals surface area contributed by atoms with E-state index in [9.17, 15) is 4.79 Å². The minimum atomic E-state index is -0.127. The highest BCUT2D eigenvalue weighted by Crippen LogP contribution is 2.10. The van der Waals surface area contributed by atoms with Crippen molar-refractivity contribution in [2.24, 2.45) is 10.9 Å². The van der Waals surface area contributed by atoms with Crippen LogP contribution in [0, 0.1) is 0 Å². The Kier molecular flexibility index (Phi) is 6.62. The average molecular weight is 331 g/mol. The second-order valence-corrected chi connectivity index (χ2v) is 6.20. The van der Waals surface area contributed by atoms with Crippen molar-refractivity contribution in [3.05, 3.63) is 58.3 Å². The van der Waals surface area contributed by atoms with E-state index < -0.39 is 0 Å². The van der Waals surface area contributed by atoms with Gasteiger partial charge in [-0.15, -0.1) is 11.3 Å². The fourth-order valence-electron chi connectivity index (χ4n) is 1.97. The zero-order chi connectivity index (χ0) is 16.5. The first kappa shape index (κ1) is 17.0. The smallest absolute Gasteiger partial charge is 0.263 e. The molecule has 0 aliphatic heterocycles. The highest BCUT2D eigenvalue weighted by atomic mass is 32.1. The lowest BCUT2D eigenvalue weighted by molar-refractivity contribution is -0.135. The van der Waals surface area contributed by atoms with Crippen molar-refractivity contribution in [1.82, 2.24) is 4.90 Å². The maximum Gasteiger partial charge on any atom is 0.263 e. The van der Waals surface area contributed by atoms with Crippen LogP contribution in [0.25, 0.3) is 0 Å².